The molecule has 0 bridgehead atoms. The molecule has 26 heavy (non-hydrogen) atoms. The van der Waals surface area contributed by atoms with Gasteiger partial charge in [-0.2, -0.15) is 0 Å². The Hall–Kier alpha value is -2.67. The molecule has 0 spiro atoms. The van der Waals surface area contributed by atoms with Gasteiger partial charge in [0.2, 0.25) is 5.91 Å². The number of amides is 3. The lowest BCUT2D eigenvalue weighted by molar-refractivity contribution is -0.122. The summed E-state index contributed by atoms with van der Waals surface area (Å²) in [6.45, 7) is 1.06. The Labute approximate surface area is 156 Å². The molecule has 1 aliphatic heterocycles. The molecule has 1 aliphatic rings. The fourth-order valence-corrected chi connectivity index (χ4v) is 3.41. The standard InChI is InChI=1S/C19H21N3O3S/c23-17(22-15-4-1-2-10-20-18(15)24)14-8-6-13(7-9-14)12-21-19(25)16-5-3-11-26-16/h3,5-9,11,15H,1-2,4,10,12H2,(H,20,24)(H,21,25)(H,22,23). The first-order valence-electron chi connectivity index (χ1n) is 8.63. The topological polar surface area (TPSA) is 87.3 Å². The van der Waals surface area contributed by atoms with Gasteiger partial charge in [0.25, 0.3) is 11.8 Å². The molecule has 1 aromatic heterocycles. The van der Waals surface area contributed by atoms with Gasteiger partial charge in [-0.1, -0.05) is 18.2 Å². The number of hydrogen-bond donors (Lipinski definition) is 3. The molecule has 136 valence electrons. The van der Waals surface area contributed by atoms with Crippen molar-refractivity contribution in [2.75, 3.05) is 6.54 Å². The van der Waals surface area contributed by atoms with E-state index in [1.807, 2.05) is 11.4 Å². The summed E-state index contributed by atoms with van der Waals surface area (Å²) < 4.78 is 0. The first-order valence-corrected chi connectivity index (χ1v) is 9.50. The number of thiophene rings is 1. The first-order chi connectivity index (χ1) is 12.6. The molecule has 1 fully saturated rings. The molecule has 0 saturated carbocycles. The first kappa shape index (κ1) is 18.1. The summed E-state index contributed by atoms with van der Waals surface area (Å²) in [5.41, 5.74) is 1.40. The van der Waals surface area contributed by atoms with Crippen LogP contribution in [0, 0.1) is 0 Å². The number of hydrogen-bond acceptors (Lipinski definition) is 4. The van der Waals surface area contributed by atoms with Crippen LogP contribution < -0.4 is 16.0 Å². The van der Waals surface area contributed by atoms with Crippen LogP contribution >= 0.6 is 11.3 Å². The smallest absolute Gasteiger partial charge is 0.261 e. The average Bonchev–Trinajstić information content (AvgIpc) is 3.12. The third kappa shape index (κ3) is 4.70. The number of rotatable bonds is 5. The largest absolute Gasteiger partial charge is 0.354 e. The number of benzene rings is 1. The number of nitrogens with one attached hydrogen (secondary N) is 3. The Kier molecular flexibility index (Phi) is 6.01. The summed E-state index contributed by atoms with van der Waals surface area (Å²) in [5, 5.41) is 10.3. The maximum atomic E-state index is 12.3. The summed E-state index contributed by atoms with van der Waals surface area (Å²) in [6, 6.07) is 10.1. The maximum absolute atomic E-state index is 12.3. The predicted molar refractivity (Wildman–Crippen MR) is 100 cm³/mol. The van der Waals surface area contributed by atoms with Crippen LogP contribution in [0.1, 0.15) is 44.9 Å². The van der Waals surface area contributed by atoms with E-state index >= 15 is 0 Å². The van der Waals surface area contributed by atoms with Crippen molar-refractivity contribution in [3.05, 3.63) is 57.8 Å². The third-order valence-electron chi connectivity index (χ3n) is 4.25. The van der Waals surface area contributed by atoms with E-state index in [9.17, 15) is 14.4 Å². The second-order valence-corrected chi connectivity index (χ2v) is 7.12. The van der Waals surface area contributed by atoms with Crippen molar-refractivity contribution >= 4 is 29.1 Å². The number of carbonyl (C=O) groups excluding carboxylic acids is 3. The quantitative estimate of drug-likeness (QED) is 0.752. The molecular formula is C19H21N3O3S. The third-order valence-corrected chi connectivity index (χ3v) is 5.12. The molecule has 2 heterocycles. The minimum absolute atomic E-state index is 0.110. The molecule has 1 unspecified atom stereocenters. The van der Waals surface area contributed by atoms with E-state index in [-0.39, 0.29) is 17.7 Å². The fourth-order valence-electron chi connectivity index (χ4n) is 2.77. The number of carbonyl (C=O) groups is 3. The second kappa shape index (κ2) is 8.62. The molecule has 7 heteroatoms. The van der Waals surface area contributed by atoms with E-state index in [2.05, 4.69) is 16.0 Å². The van der Waals surface area contributed by atoms with Crippen LogP contribution in [0.2, 0.25) is 0 Å². The highest BCUT2D eigenvalue weighted by Crippen LogP contribution is 2.10. The summed E-state index contributed by atoms with van der Waals surface area (Å²) in [7, 11) is 0. The molecule has 3 N–H and O–H groups in total. The maximum Gasteiger partial charge on any atom is 0.261 e. The Morgan fingerprint density at radius 1 is 1.12 bits per heavy atom. The van der Waals surface area contributed by atoms with Gasteiger partial charge in [0.1, 0.15) is 6.04 Å². The zero-order chi connectivity index (χ0) is 18.4. The summed E-state index contributed by atoms with van der Waals surface area (Å²) in [6.07, 6.45) is 2.50. The Morgan fingerprint density at radius 2 is 1.92 bits per heavy atom. The summed E-state index contributed by atoms with van der Waals surface area (Å²) >= 11 is 1.39. The van der Waals surface area contributed by atoms with E-state index in [1.165, 1.54) is 11.3 Å². The summed E-state index contributed by atoms with van der Waals surface area (Å²) in [5.74, 6) is -0.494. The van der Waals surface area contributed by atoms with Crippen molar-refractivity contribution in [3.63, 3.8) is 0 Å². The van der Waals surface area contributed by atoms with Gasteiger partial charge in [0.15, 0.2) is 0 Å². The normalized spacial score (nSPS) is 17.1. The molecule has 1 aromatic carbocycles. The molecule has 3 rings (SSSR count). The van der Waals surface area contributed by atoms with E-state index < -0.39 is 6.04 Å². The second-order valence-electron chi connectivity index (χ2n) is 6.17. The summed E-state index contributed by atoms with van der Waals surface area (Å²) in [4.78, 5) is 36.9. The molecule has 1 atom stereocenters. The van der Waals surface area contributed by atoms with Gasteiger partial charge in [0, 0.05) is 18.7 Å². The van der Waals surface area contributed by atoms with Gasteiger partial charge in [-0.05, 0) is 48.4 Å². The van der Waals surface area contributed by atoms with Gasteiger partial charge < -0.3 is 16.0 Å². The van der Waals surface area contributed by atoms with Gasteiger partial charge in [-0.25, -0.2) is 0 Å². The van der Waals surface area contributed by atoms with E-state index in [4.69, 9.17) is 0 Å². The highest BCUT2D eigenvalue weighted by atomic mass is 32.1. The van der Waals surface area contributed by atoms with Crippen LogP contribution in [-0.2, 0) is 11.3 Å². The van der Waals surface area contributed by atoms with Crippen LogP contribution in [0.3, 0.4) is 0 Å². The van der Waals surface area contributed by atoms with Crippen LogP contribution in [0.4, 0.5) is 0 Å². The lowest BCUT2D eigenvalue weighted by atomic mass is 10.1. The predicted octanol–water partition coefficient (Wildman–Crippen LogP) is 2.08. The van der Waals surface area contributed by atoms with E-state index in [0.29, 0.717) is 30.0 Å². The van der Waals surface area contributed by atoms with Gasteiger partial charge in [-0.3, -0.25) is 14.4 Å². The highest BCUT2D eigenvalue weighted by molar-refractivity contribution is 7.12. The van der Waals surface area contributed by atoms with Crippen molar-refractivity contribution in [1.82, 2.24) is 16.0 Å². The molecule has 2 aromatic rings. The minimum Gasteiger partial charge on any atom is -0.354 e. The Bertz CT molecular complexity index is 772. The zero-order valence-electron chi connectivity index (χ0n) is 14.3. The SMILES string of the molecule is O=C(NC1CCCCNC1=O)c1ccc(CNC(=O)c2cccs2)cc1. The van der Waals surface area contributed by atoms with Crippen LogP contribution in [0.5, 0.6) is 0 Å². The zero-order valence-corrected chi connectivity index (χ0v) is 15.1. The molecule has 0 aliphatic carbocycles. The molecule has 1 saturated heterocycles. The lowest BCUT2D eigenvalue weighted by Gasteiger charge is -2.15. The van der Waals surface area contributed by atoms with Crippen molar-refractivity contribution in [3.8, 4) is 0 Å². The molecule has 3 amide bonds. The molecular weight excluding hydrogens is 350 g/mol. The molecule has 0 radical (unpaired) electrons. The van der Waals surface area contributed by atoms with Crippen molar-refractivity contribution < 1.29 is 14.4 Å². The van der Waals surface area contributed by atoms with Gasteiger partial charge in [-0.15, -0.1) is 11.3 Å². The monoisotopic (exact) mass is 371 g/mol. The van der Waals surface area contributed by atoms with Crippen LogP contribution in [0.15, 0.2) is 41.8 Å². The van der Waals surface area contributed by atoms with Gasteiger partial charge >= 0.3 is 0 Å². The van der Waals surface area contributed by atoms with Gasteiger partial charge in [0.05, 0.1) is 4.88 Å². The Morgan fingerprint density at radius 3 is 2.65 bits per heavy atom. The van der Waals surface area contributed by atoms with E-state index in [1.54, 1.807) is 30.3 Å². The highest BCUT2D eigenvalue weighted by Gasteiger charge is 2.22. The molecule has 6 nitrogen and oxygen atoms in total. The van der Waals surface area contributed by atoms with Crippen molar-refractivity contribution in [2.24, 2.45) is 0 Å². The van der Waals surface area contributed by atoms with Crippen LogP contribution in [-0.4, -0.2) is 30.3 Å². The average molecular weight is 371 g/mol. The lowest BCUT2D eigenvalue weighted by Crippen LogP contribution is -2.45. The van der Waals surface area contributed by atoms with Crippen molar-refractivity contribution in [2.45, 2.75) is 31.8 Å². The van der Waals surface area contributed by atoms with E-state index in [0.717, 1.165) is 18.4 Å². The minimum atomic E-state index is -0.477. The Balaban J connectivity index is 1.54. The fraction of sp³-hybridized carbons (Fsp3) is 0.316. The van der Waals surface area contributed by atoms with Crippen molar-refractivity contribution in [1.29, 1.82) is 0 Å². The van der Waals surface area contributed by atoms with Crippen LogP contribution in [0.25, 0.3) is 0 Å².